The third-order valence-electron chi connectivity index (χ3n) is 2.41. The van der Waals surface area contributed by atoms with Crippen LogP contribution in [-0.2, 0) is 4.79 Å². The van der Waals surface area contributed by atoms with Gasteiger partial charge in [-0.25, -0.2) is 8.78 Å². The first-order chi connectivity index (χ1) is 6.18. The summed E-state index contributed by atoms with van der Waals surface area (Å²) in [7, 11) is 0. The van der Waals surface area contributed by atoms with Gasteiger partial charge in [0, 0.05) is 12.3 Å². The maximum Gasteiger partial charge on any atom is 0.159 e. The zero-order valence-corrected chi connectivity index (χ0v) is 6.89. The van der Waals surface area contributed by atoms with Gasteiger partial charge >= 0.3 is 0 Å². The molecule has 1 aromatic carbocycles. The highest BCUT2D eigenvalue weighted by molar-refractivity contribution is 5.91. The highest BCUT2D eigenvalue weighted by Gasteiger charge is 2.29. The fourth-order valence-corrected chi connectivity index (χ4v) is 1.49. The molecule has 68 valence electrons. The van der Waals surface area contributed by atoms with Crippen molar-refractivity contribution in [1.82, 2.24) is 0 Å². The second kappa shape index (κ2) is 2.91. The molecule has 0 aliphatic heterocycles. The Morgan fingerprint density at radius 1 is 1.23 bits per heavy atom. The molecule has 0 aromatic heterocycles. The average molecular weight is 182 g/mol. The molecule has 0 radical (unpaired) electrons. The molecule has 1 aliphatic carbocycles. The average Bonchev–Trinajstić information content (AvgIpc) is 2.09. The molecule has 0 amide bonds. The van der Waals surface area contributed by atoms with Crippen LogP contribution in [-0.4, -0.2) is 5.78 Å². The molecule has 0 bridgehead atoms. The summed E-state index contributed by atoms with van der Waals surface area (Å²) < 4.78 is 25.3. The number of hydrogen-bond donors (Lipinski definition) is 0. The van der Waals surface area contributed by atoms with E-state index >= 15 is 0 Å². The quantitative estimate of drug-likeness (QED) is 0.651. The summed E-state index contributed by atoms with van der Waals surface area (Å²) in [5.74, 6) is -1.83. The van der Waals surface area contributed by atoms with Crippen molar-refractivity contribution in [3.63, 3.8) is 0 Å². The van der Waals surface area contributed by atoms with E-state index in [9.17, 15) is 13.6 Å². The number of benzene rings is 1. The van der Waals surface area contributed by atoms with Crippen LogP contribution in [0, 0.1) is 11.6 Å². The lowest BCUT2D eigenvalue weighted by Crippen LogP contribution is -2.23. The Morgan fingerprint density at radius 2 is 2.00 bits per heavy atom. The van der Waals surface area contributed by atoms with Crippen molar-refractivity contribution < 1.29 is 13.6 Å². The van der Waals surface area contributed by atoms with E-state index in [0.29, 0.717) is 12.0 Å². The lowest BCUT2D eigenvalue weighted by Gasteiger charge is -2.24. The highest BCUT2D eigenvalue weighted by atomic mass is 19.2. The van der Waals surface area contributed by atoms with Crippen LogP contribution in [0.2, 0.25) is 0 Å². The van der Waals surface area contributed by atoms with Crippen molar-refractivity contribution >= 4 is 5.78 Å². The molecule has 1 unspecified atom stereocenters. The third-order valence-corrected chi connectivity index (χ3v) is 2.41. The third kappa shape index (κ3) is 1.34. The zero-order valence-electron chi connectivity index (χ0n) is 6.89. The van der Waals surface area contributed by atoms with Gasteiger partial charge in [-0.1, -0.05) is 6.07 Å². The Morgan fingerprint density at radius 3 is 2.46 bits per heavy atom. The van der Waals surface area contributed by atoms with Gasteiger partial charge in [0.1, 0.15) is 5.78 Å². The van der Waals surface area contributed by atoms with Crippen molar-refractivity contribution in [3.05, 3.63) is 35.4 Å². The minimum atomic E-state index is -0.878. The Kier molecular flexibility index (Phi) is 1.87. The van der Waals surface area contributed by atoms with Gasteiger partial charge in [-0.15, -0.1) is 0 Å². The number of halogens is 2. The van der Waals surface area contributed by atoms with Crippen LogP contribution in [0.3, 0.4) is 0 Å². The molecule has 1 fully saturated rings. The number of carbonyl (C=O) groups excluding carboxylic acids is 1. The normalized spacial score (nSPS) is 21.4. The summed E-state index contributed by atoms with van der Waals surface area (Å²) in [5.41, 5.74) is 0.593. The first-order valence-electron chi connectivity index (χ1n) is 4.16. The molecule has 2 rings (SSSR count). The zero-order chi connectivity index (χ0) is 9.42. The van der Waals surface area contributed by atoms with Crippen LogP contribution < -0.4 is 0 Å². The van der Waals surface area contributed by atoms with E-state index < -0.39 is 11.6 Å². The number of carbonyl (C=O) groups is 1. The fourth-order valence-electron chi connectivity index (χ4n) is 1.49. The van der Waals surface area contributed by atoms with Gasteiger partial charge in [-0.3, -0.25) is 4.79 Å². The van der Waals surface area contributed by atoms with Gasteiger partial charge in [0.05, 0.1) is 0 Å². The van der Waals surface area contributed by atoms with Crippen LogP contribution in [0.25, 0.3) is 0 Å². The van der Waals surface area contributed by atoms with E-state index in [1.54, 1.807) is 0 Å². The number of ketones is 1. The topological polar surface area (TPSA) is 17.1 Å². The van der Waals surface area contributed by atoms with Crippen molar-refractivity contribution in [2.45, 2.75) is 18.8 Å². The summed E-state index contributed by atoms with van der Waals surface area (Å²) in [6.07, 6.45) is 1.31. The summed E-state index contributed by atoms with van der Waals surface area (Å²) in [5, 5.41) is 0. The molecular formula is C10H8F2O. The van der Waals surface area contributed by atoms with Crippen molar-refractivity contribution in [2.75, 3.05) is 0 Å². The first kappa shape index (κ1) is 8.35. The molecule has 3 heteroatoms. The maximum absolute atomic E-state index is 12.7. The number of rotatable bonds is 1. The van der Waals surface area contributed by atoms with E-state index in [-0.39, 0.29) is 11.7 Å². The SMILES string of the molecule is O=C1CCC1c1ccc(F)c(F)c1. The predicted octanol–water partition coefficient (Wildman–Crippen LogP) is 2.41. The first-order valence-corrected chi connectivity index (χ1v) is 4.16. The summed E-state index contributed by atoms with van der Waals surface area (Å²) in [4.78, 5) is 11.0. The highest BCUT2D eigenvalue weighted by Crippen LogP contribution is 2.33. The Hall–Kier alpha value is -1.25. The van der Waals surface area contributed by atoms with Crippen molar-refractivity contribution in [2.24, 2.45) is 0 Å². The number of hydrogen-bond acceptors (Lipinski definition) is 1. The van der Waals surface area contributed by atoms with E-state index in [0.717, 1.165) is 18.6 Å². The minimum absolute atomic E-state index is 0.117. The maximum atomic E-state index is 12.7. The second-order valence-corrected chi connectivity index (χ2v) is 3.23. The molecule has 13 heavy (non-hydrogen) atoms. The van der Waals surface area contributed by atoms with Gasteiger partial charge < -0.3 is 0 Å². The summed E-state index contributed by atoms with van der Waals surface area (Å²) in [6.45, 7) is 0. The standard InChI is InChI=1S/C10H8F2O/c11-8-3-1-6(5-9(8)12)7-2-4-10(7)13/h1,3,5,7H,2,4H2. The van der Waals surface area contributed by atoms with Crippen molar-refractivity contribution in [1.29, 1.82) is 0 Å². The fraction of sp³-hybridized carbons (Fsp3) is 0.300. The van der Waals surface area contributed by atoms with Gasteiger partial charge in [-0.05, 0) is 24.1 Å². The molecule has 0 heterocycles. The number of Topliss-reactive ketones (excluding diaryl/α,β-unsaturated/α-hetero) is 1. The smallest absolute Gasteiger partial charge is 0.159 e. The molecule has 0 saturated heterocycles. The summed E-state index contributed by atoms with van der Waals surface area (Å²) >= 11 is 0. The van der Waals surface area contributed by atoms with Crippen LogP contribution in [0.15, 0.2) is 18.2 Å². The van der Waals surface area contributed by atoms with Crippen molar-refractivity contribution in [3.8, 4) is 0 Å². The Labute approximate surface area is 74.4 Å². The van der Waals surface area contributed by atoms with Gasteiger partial charge in [0.25, 0.3) is 0 Å². The Balaban J connectivity index is 2.31. The molecule has 1 atom stereocenters. The molecule has 0 spiro atoms. The van der Waals surface area contributed by atoms with Gasteiger partial charge in [0.2, 0.25) is 0 Å². The second-order valence-electron chi connectivity index (χ2n) is 3.23. The van der Waals surface area contributed by atoms with Gasteiger partial charge in [-0.2, -0.15) is 0 Å². The van der Waals surface area contributed by atoms with E-state index in [4.69, 9.17) is 0 Å². The monoisotopic (exact) mass is 182 g/mol. The molecule has 1 saturated carbocycles. The molecule has 1 aliphatic rings. The van der Waals surface area contributed by atoms with Crippen LogP contribution in [0.4, 0.5) is 8.78 Å². The van der Waals surface area contributed by atoms with Crippen LogP contribution in [0.1, 0.15) is 24.3 Å². The lowest BCUT2D eigenvalue weighted by molar-refractivity contribution is -0.125. The molecular weight excluding hydrogens is 174 g/mol. The van der Waals surface area contributed by atoms with E-state index in [2.05, 4.69) is 0 Å². The van der Waals surface area contributed by atoms with E-state index in [1.165, 1.54) is 6.07 Å². The molecule has 1 nitrogen and oxygen atoms in total. The van der Waals surface area contributed by atoms with Crippen LogP contribution >= 0.6 is 0 Å². The minimum Gasteiger partial charge on any atom is -0.299 e. The largest absolute Gasteiger partial charge is 0.299 e. The van der Waals surface area contributed by atoms with E-state index in [1.807, 2.05) is 0 Å². The molecule has 0 N–H and O–H groups in total. The Bertz CT molecular complexity index is 360. The predicted molar refractivity (Wildman–Crippen MR) is 43.3 cm³/mol. The summed E-state index contributed by atoms with van der Waals surface area (Å²) in [6, 6.07) is 3.65. The lowest BCUT2D eigenvalue weighted by atomic mass is 9.79. The van der Waals surface area contributed by atoms with Crippen LogP contribution in [0.5, 0.6) is 0 Å². The van der Waals surface area contributed by atoms with Gasteiger partial charge in [0.15, 0.2) is 11.6 Å². The molecule has 1 aromatic rings.